The van der Waals surface area contributed by atoms with Crippen LogP contribution in [0.4, 0.5) is 0 Å². The highest BCUT2D eigenvalue weighted by molar-refractivity contribution is 8.02. The average Bonchev–Trinajstić information content (AvgIpc) is 2.53. The van der Waals surface area contributed by atoms with Gasteiger partial charge in [-0.15, -0.1) is 0 Å². The molecule has 0 saturated heterocycles. The summed E-state index contributed by atoms with van der Waals surface area (Å²) in [6.45, 7) is 5.35. The van der Waals surface area contributed by atoms with E-state index in [1.54, 1.807) is 6.92 Å². The minimum Gasteiger partial charge on any atom is -0.321 e. The van der Waals surface area contributed by atoms with Crippen molar-refractivity contribution in [3.63, 3.8) is 0 Å². The third-order valence-corrected chi connectivity index (χ3v) is 4.00. The maximum Gasteiger partial charge on any atom is 0.250 e. The predicted molar refractivity (Wildman–Crippen MR) is 94.7 cm³/mol. The Morgan fingerprint density at radius 1 is 1.14 bits per heavy atom. The average molecular weight is 330 g/mol. The molecule has 4 heteroatoms. The summed E-state index contributed by atoms with van der Waals surface area (Å²) in [6.07, 6.45) is 0. The predicted octanol–water partition coefficient (Wildman–Crippen LogP) is 5.12. The summed E-state index contributed by atoms with van der Waals surface area (Å²) in [5, 5.41) is 5.51. The zero-order valence-corrected chi connectivity index (χ0v) is 13.7. The molecule has 0 atom stereocenters. The number of hydrogen-bond acceptors (Lipinski definition) is 2. The zero-order chi connectivity index (χ0) is 15.9. The largest absolute Gasteiger partial charge is 0.321 e. The van der Waals surface area contributed by atoms with Gasteiger partial charge in [0.05, 0.1) is 5.70 Å². The van der Waals surface area contributed by atoms with Crippen LogP contribution in [-0.4, -0.2) is 5.91 Å². The van der Waals surface area contributed by atoms with E-state index in [4.69, 9.17) is 11.6 Å². The van der Waals surface area contributed by atoms with Crippen LogP contribution in [0.5, 0.6) is 0 Å². The van der Waals surface area contributed by atoms with Crippen LogP contribution in [0, 0.1) is 0 Å². The Morgan fingerprint density at radius 3 is 2.36 bits per heavy atom. The van der Waals surface area contributed by atoms with E-state index in [0.29, 0.717) is 10.6 Å². The van der Waals surface area contributed by atoms with Gasteiger partial charge in [-0.3, -0.25) is 4.79 Å². The van der Waals surface area contributed by atoms with Gasteiger partial charge in [-0.1, -0.05) is 60.3 Å². The monoisotopic (exact) mass is 329 g/mol. The Labute approximate surface area is 139 Å². The molecule has 2 aromatic carbocycles. The Hall–Kier alpha value is -1.97. The van der Waals surface area contributed by atoms with Gasteiger partial charge in [0.1, 0.15) is 0 Å². The number of carbonyl (C=O) groups is 1. The molecule has 1 N–H and O–H groups in total. The van der Waals surface area contributed by atoms with Gasteiger partial charge in [0.25, 0.3) is 5.91 Å². The van der Waals surface area contributed by atoms with Crippen LogP contribution < -0.4 is 5.32 Å². The van der Waals surface area contributed by atoms with Gasteiger partial charge < -0.3 is 5.32 Å². The van der Waals surface area contributed by atoms with Crippen LogP contribution in [0.3, 0.4) is 0 Å². The van der Waals surface area contributed by atoms with Gasteiger partial charge in [0.15, 0.2) is 0 Å². The van der Waals surface area contributed by atoms with Gasteiger partial charge in [-0.2, -0.15) is 0 Å². The topological polar surface area (TPSA) is 29.1 Å². The number of halogens is 1. The van der Waals surface area contributed by atoms with E-state index in [0.717, 1.165) is 16.2 Å². The molecular weight excluding hydrogens is 314 g/mol. The fourth-order valence-corrected chi connectivity index (χ4v) is 2.52. The van der Waals surface area contributed by atoms with Crippen LogP contribution in [0.15, 0.2) is 77.1 Å². The molecule has 0 bridgehead atoms. The van der Waals surface area contributed by atoms with E-state index in [9.17, 15) is 4.79 Å². The van der Waals surface area contributed by atoms with Gasteiger partial charge >= 0.3 is 0 Å². The Bertz CT molecular complexity index is 693. The summed E-state index contributed by atoms with van der Waals surface area (Å²) in [5.74, 6) is -0.188. The smallest absolute Gasteiger partial charge is 0.250 e. The second-order valence-corrected chi connectivity index (χ2v) is 6.08. The van der Waals surface area contributed by atoms with Crippen molar-refractivity contribution >= 4 is 35.0 Å². The van der Waals surface area contributed by atoms with E-state index >= 15 is 0 Å². The first kappa shape index (κ1) is 16.4. The van der Waals surface area contributed by atoms with Crippen LogP contribution in [0.2, 0.25) is 5.02 Å². The number of nitrogens with one attached hydrogen (secondary N) is 1. The molecule has 0 aromatic heterocycles. The maximum absolute atomic E-state index is 11.9. The SMILES string of the molecule is C=C(C)C(=O)N/C(=C\Sc1ccc(Cl)cc1)c1ccccc1. The molecule has 2 nitrogen and oxygen atoms in total. The minimum absolute atomic E-state index is 0.188. The van der Waals surface area contributed by atoms with Gasteiger partial charge in [0.2, 0.25) is 0 Å². The Kier molecular flexibility index (Phi) is 5.87. The van der Waals surface area contributed by atoms with Gasteiger partial charge in [-0.05, 0) is 36.8 Å². The Morgan fingerprint density at radius 2 is 1.77 bits per heavy atom. The quantitative estimate of drug-likeness (QED) is 0.609. The van der Waals surface area contributed by atoms with Crippen molar-refractivity contribution in [3.8, 4) is 0 Å². The Balaban J connectivity index is 2.23. The molecule has 0 aliphatic carbocycles. The first-order chi connectivity index (χ1) is 10.6. The number of rotatable bonds is 5. The summed E-state index contributed by atoms with van der Waals surface area (Å²) in [5.41, 5.74) is 2.16. The molecule has 0 unspecified atom stereocenters. The van der Waals surface area contributed by atoms with Crippen molar-refractivity contribution in [1.82, 2.24) is 5.32 Å². The highest BCUT2D eigenvalue weighted by atomic mass is 35.5. The highest BCUT2D eigenvalue weighted by Crippen LogP contribution is 2.25. The highest BCUT2D eigenvalue weighted by Gasteiger charge is 2.07. The minimum atomic E-state index is -0.188. The van der Waals surface area contributed by atoms with E-state index < -0.39 is 0 Å². The number of benzene rings is 2. The summed E-state index contributed by atoms with van der Waals surface area (Å²) < 4.78 is 0. The maximum atomic E-state index is 11.9. The van der Waals surface area contributed by atoms with Crippen molar-refractivity contribution in [2.75, 3.05) is 0 Å². The fraction of sp³-hybridized carbons (Fsp3) is 0.0556. The lowest BCUT2D eigenvalue weighted by Crippen LogP contribution is -2.22. The second-order valence-electron chi connectivity index (χ2n) is 4.70. The first-order valence-corrected chi connectivity index (χ1v) is 7.96. The second kappa shape index (κ2) is 7.87. The normalized spacial score (nSPS) is 11.1. The molecule has 1 amide bonds. The summed E-state index contributed by atoms with van der Waals surface area (Å²) in [7, 11) is 0. The molecule has 2 rings (SSSR count). The van der Waals surface area contributed by atoms with Crippen molar-refractivity contribution in [1.29, 1.82) is 0 Å². The number of amides is 1. The third-order valence-electron chi connectivity index (χ3n) is 2.85. The molecule has 112 valence electrons. The van der Waals surface area contributed by atoms with Crippen LogP contribution in [0.1, 0.15) is 12.5 Å². The lowest BCUT2D eigenvalue weighted by atomic mass is 10.1. The third kappa shape index (κ3) is 4.79. The summed E-state index contributed by atoms with van der Waals surface area (Å²) in [6, 6.07) is 17.3. The molecule has 0 saturated carbocycles. The zero-order valence-electron chi connectivity index (χ0n) is 12.2. The van der Waals surface area contributed by atoms with Crippen LogP contribution in [0.25, 0.3) is 5.70 Å². The number of hydrogen-bond donors (Lipinski definition) is 1. The molecule has 0 heterocycles. The van der Waals surface area contributed by atoms with Gasteiger partial charge in [-0.25, -0.2) is 0 Å². The van der Waals surface area contributed by atoms with E-state index in [2.05, 4.69) is 11.9 Å². The fourth-order valence-electron chi connectivity index (χ4n) is 1.66. The first-order valence-electron chi connectivity index (χ1n) is 6.71. The molecule has 0 spiro atoms. The van der Waals surface area contributed by atoms with Crippen molar-refractivity contribution in [2.45, 2.75) is 11.8 Å². The molecule has 22 heavy (non-hydrogen) atoms. The van der Waals surface area contributed by atoms with Crippen molar-refractivity contribution in [3.05, 3.63) is 82.7 Å². The van der Waals surface area contributed by atoms with Crippen LogP contribution in [-0.2, 0) is 4.79 Å². The van der Waals surface area contributed by atoms with Crippen molar-refractivity contribution in [2.24, 2.45) is 0 Å². The molecule has 0 radical (unpaired) electrons. The van der Waals surface area contributed by atoms with Gasteiger partial charge in [0, 0.05) is 20.9 Å². The lowest BCUT2D eigenvalue weighted by molar-refractivity contribution is -0.116. The molecule has 0 aliphatic rings. The lowest BCUT2D eigenvalue weighted by Gasteiger charge is -2.10. The molecule has 2 aromatic rings. The standard InChI is InChI=1S/C18H16ClNOS/c1-13(2)18(21)20-17(14-6-4-3-5-7-14)12-22-16-10-8-15(19)9-11-16/h3-12H,1H2,2H3,(H,20,21)/b17-12-. The summed E-state index contributed by atoms with van der Waals surface area (Å²) in [4.78, 5) is 12.9. The van der Waals surface area contributed by atoms with Crippen molar-refractivity contribution < 1.29 is 4.79 Å². The van der Waals surface area contributed by atoms with E-state index in [1.807, 2.05) is 60.0 Å². The molecule has 0 aliphatic heterocycles. The molecular formula is C18H16ClNOS. The van der Waals surface area contributed by atoms with E-state index in [-0.39, 0.29) is 5.91 Å². The van der Waals surface area contributed by atoms with E-state index in [1.165, 1.54) is 11.8 Å². The number of thioether (sulfide) groups is 1. The number of carbonyl (C=O) groups excluding carboxylic acids is 1. The molecule has 0 fully saturated rings. The summed E-state index contributed by atoms with van der Waals surface area (Å²) >= 11 is 7.40. The van der Waals surface area contributed by atoms with Crippen LogP contribution >= 0.6 is 23.4 Å².